The first kappa shape index (κ1) is 20.8. The lowest BCUT2D eigenvalue weighted by Gasteiger charge is -2.26. The van der Waals surface area contributed by atoms with Crippen molar-refractivity contribution < 1.29 is 17.9 Å². The fourth-order valence-electron chi connectivity index (χ4n) is 2.27. The molecule has 1 heterocycles. The number of likely N-dealkylation sites (N-methyl/N-ethyl adjacent to an activating group) is 2. The molecule has 144 valence electrons. The third kappa shape index (κ3) is 5.04. The van der Waals surface area contributed by atoms with Gasteiger partial charge >= 0.3 is 0 Å². The van der Waals surface area contributed by atoms with E-state index in [9.17, 15) is 13.2 Å². The molecule has 1 saturated heterocycles. The molecular weight excluding hydrogens is 400 g/mol. The van der Waals surface area contributed by atoms with Gasteiger partial charge in [-0.15, -0.1) is 0 Å². The van der Waals surface area contributed by atoms with Crippen LogP contribution in [0.3, 0.4) is 0 Å². The van der Waals surface area contributed by atoms with Crippen molar-refractivity contribution in [3.8, 4) is 0 Å². The van der Waals surface area contributed by atoms with Crippen molar-refractivity contribution in [1.29, 1.82) is 0 Å². The van der Waals surface area contributed by atoms with Crippen LogP contribution in [0.2, 0.25) is 5.02 Å². The SMILES string of the molecule is CNC(=O)CN(C)C(=S)Nc1cc(S(=O)(=O)N2CCOCC2)ccc1Cl. The van der Waals surface area contributed by atoms with E-state index in [-0.39, 0.29) is 22.5 Å². The monoisotopic (exact) mass is 420 g/mol. The second kappa shape index (κ2) is 8.96. The molecule has 0 unspecified atom stereocenters. The van der Waals surface area contributed by atoms with Crippen LogP contribution in [0.4, 0.5) is 5.69 Å². The number of halogens is 1. The number of ether oxygens (including phenoxy) is 1. The highest BCUT2D eigenvalue weighted by Gasteiger charge is 2.27. The summed E-state index contributed by atoms with van der Waals surface area (Å²) in [5.74, 6) is -0.202. The molecule has 8 nitrogen and oxygen atoms in total. The highest BCUT2D eigenvalue weighted by atomic mass is 35.5. The standard InChI is InChI=1S/C15H21ClN4O4S2/c1-17-14(21)10-19(2)15(25)18-13-9-11(3-4-12(13)16)26(22,23)20-5-7-24-8-6-20/h3-4,9H,5-8,10H2,1-2H3,(H,17,21)(H,18,25). The minimum Gasteiger partial charge on any atom is -0.379 e. The number of rotatable bonds is 5. The largest absolute Gasteiger partial charge is 0.379 e. The van der Waals surface area contributed by atoms with Gasteiger partial charge in [-0.2, -0.15) is 4.31 Å². The highest BCUT2D eigenvalue weighted by molar-refractivity contribution is 7.89. The Labute approximate surface area is 163 Å². The summed E-state index contributed by atoms with van der Waals surface area (Å²) in [6.07, 6.45) is 0. The van der Waals surface area contributed by atoms with E-state index in [1.54, 1.807) is 7.05 Å². The molecule has 1 aliphatic heterocycles. The first-order chi connectivity index (χ1) is 12.3. The van der Waals surface area contributed by atoms with Crippen LogP contribution in [-0.2, 0) is 19.6 Å². The molecule has 1 aromatic rings. The third-order valence-electron chi connectivity index (χ3n) is 3.79. The number of carbonyl (C=O) groups is 1. The Hall–Kier alpha value is -1.46. The van der Waals surface area contributed by atoms with Crippen molar-refractivity contribution in [2.45, 2.75) is 4.90 Å². The minimum atomic E-state index is -3.65. The molecule has 0 atom stereocenters. The van der Waals surface area contributed by atoms with Crippen LogP contribution in [-0.4, -0.2) is 75.6 Å². The number of nitrogens with one attached hydrogen (secondary N) is 2. The maximum Gasteiger partial charge on any atom is 0.243 e. The van der Waals surface area contributed by atoms with Crippen LogP contribution in [0, 0.1) is 0 Å². The molecule has 1 fully saturated rings. The molecule has 0 aliphatic carbocycles. The number of carbonyl (C=O) groups excluding carboxylic acids is 1. The van der Waals surface area contributed by atoms with Gasteiger partial charge in [-0.25, -0.2) is 8.42 Å². The van der Waals surface area contributed by atoms with Crippen LogP contribution in [0.15, 0.2) is 23.1 Å². The van der Waals surface area contributed by atoms with E-state index in [0.29, 0.717) is 37.0 Å². The van der Waals surface area contributed by atoms with E-state index in [1.807, 2.05) is 0 Å². The van der Waals surface area contributed by atoms with Crippen molar-refractivity contribution in [3.63, 3.8) is 0 Å². The molecule has 0 spiro atoms. The summed E-state index contributed by atoms with van der Waals surface area (Å²) in [5.41, 5.74) is 0.356. The highest BCUT2D eigenvalue weighted by Crippen LogP contribution is 2.27. The first-order valence-corrected chi connectivity index (χ1v) is 10.1. The number of amides is 1. The lowest BCUT2D eigenvalue weighted by molar-refractivity contribution is -0.120. The maximum atomic E-state index is 12.8. The van der Waals surface area contributed by atoms with E-state index in [1.165, 1.54) is 34.5 Å². The minimum absolute atomic E-state index is 0.0612. The zero-order valence-electron chi connectivity index (χ0n) is 14.5. The summed E-state index contributed by atoms with van der Waals surface area (Å²) < 4.78 is 32.1. The van der Waals surface area contributed by atoms with Gasteiger partial charge in [0.1, 0.15) is 0 Å². The third-order valence-corrected chi connectivity index (χ3v) is 6.43. The number of sulfonamides is 1. The molecular formula is C15H21ClN4O4S2. The van der Waals surface area contributed by atoms with Crippen LogP contribution in [0.1, 0.15) is 0 Å². The van der Waals surface area contributed by atoms with Crippen LogP contribution in [0.25, 0.3) is 0 Å². The summed E-state index contributed by atoms with van der Waals surface area (Å²) in [4.78, 5) is 13.1. The predicted molar refractivity (Wildman–Crippen MR) is 104 cm³/mol. The number of nitrogens with zero attached hydrogens (tertiary/aromatic N) is 2. The van der Waals surface area contributed by atoms with Crippen molar-refractivity contribution in [2.75, 3.05) is 52.3 Å². The van der Waals surface area contributed by atoms with Crippen LogP contribution in [0.5, 0.6) is 0 Å². The average Bonchev–Trinajstić information content (AvgIpc) is 2.63. The molecule has 0 bridgehead atoms. The van der Waals surface area contributed by atoms with Gasteiger partial charge in [-0.05, 0) is 30.4 Å². The smallest absolute Gasteiger partial charge is 0.243 e. The Balaban J connectivity index is 2.19. The van der Waals surface area contributed by atoms with Gasteiger partial charge in [0.05, 0.1) is 35.4 Å². The quantitative estimate of drug-likeness (QED) is 0.679. The van der Waals surface area contributed by atoms with Gasteiger partial charge < -0.3 is 20.3 Å². The van der Waals surface area contributed by atoms with Crippen molar-refractivity contribution in [1.82, 2.24) is 14.5 Å². The van der Waals surface area contributed by atoms with Gasteiger partial charge in [-0.1, -0.05) is 11.6 Å². The molecule has 0 saturated carbocycles. The number of benzene rings is 1. The molecule has 1 amide bonds. The van der Waals surface area contributed by atoms with E-state index in [4.69, 9.17) is 28.6 Å². The number of hydrogen-bond acceptors (Lipinski definition) is 5. The zero-order valence-corrected chi connectivity index (χ0v) is 16.9. The Morgan fingerprint density at radius 1 is 1.38 bits per heavy atom. The van der Waals surface area contributed by atoms with Crippen LogP contribution >= 0.6 is 23.8 Å². The summed E-state index contributed by atoms with van der Waals surface area (Å²) >= 11 is 11.4. The Kier molecular flexibility index (Phi) is 7.18. The fraction of sp³-hybridized carbons (Fsp3) is 0.467. The molecule has 0 aromatic heterocycles. The molecule has 1 aromatic carbocycles. The van der Waals surface area contributed by atoms with Crippen molar-refractivity contribution >= 4 is 50.5 Å². The average molecular weight is 421 g/mol. The Bertz CT molecular complexity index is 782. The van der Waals surface area contributed by atoms with Gasteiger partial charge in [0, 0.05) is 27.2 Å². The van der Waals surface area contributed by atoms with E-state index in [0.717, 1.165) is 0 Å². The molecule has 2 N–H and O–H groups in total. The first-order valence-electron chi connectivity index (χ1n) is 7.86. The number of morpholine rings is 1. The lowest BCUT2D eigenvalue weighted by Crippen LogP contribution is -2.40. The van der Waals surface area contributed by atoms with Crippen molar-refractivity contribution in [3.05, 3.63) is 23.2 Å². The molecule has 26 heavy (non-hydrogen) atoms. The van der Waals surface area contributed by atoms with E-state index < -0.39 is 10.0 Å². The Morgan fingerprint density at radius 3 is 2.65 bits per heavy atom. The molecule has 11 heteroatoms. The lowest BCUT2D eigenvalue weighted by atomic mass is 10.3. The van der Waals surface area contributed by atoms with Gasteiger partial charge in [0.25, 0.3) is 0 Å². The topological polar surface area (TPSA) is 91.0 Å². The number of anilines is 1. The number of thiocarbonyl (C=S) groups is 1. The fourth-order valence-corrected chi connectivity index (χ4v) is 4.05. The summed E-state index contributed by atoms with van der Waals surface area (Å²) in [7, 11) is -0.470. The Morgan fingerprint density at radius 2 is 2.04 bits per heavy atom. The van der Waals surface area contributed by atoms with Gasteiger partial charge in [-0.3, -0.25) is 4.79 Å². The van der Waals surface area contributed by atoms with Crippen molar-refractivity contribution in [2.24, 2.45) is 0 Å². The second-order valence-electron chi connectivity index (χ2n) is 5.62. The molecule has 2 rings (SSSR count). The summed E-state index contributed by atoms with van der Waals surface area (Å²) in [6, 6.07) is 4.39. The maximum absolute atomic E-state index is 12.8. The molecule has 0 radical (unpaired) electrons. The summed E-state index contributed by atoms with van der Waals surface area (Å²) in [5, 5.41) is 5.96. The number of hydrogen-bond donors (Lipinski definition) is 2. The van der Waals surface area contributed by atoms with Gasteiger partial charge in [0.15, 0.2) is 5.11 Å². The molecule has 1 aliphatic rings. The van der Waals surface area contributed by atoms with E-state index >= 15 is 0 Å². The van der Waals surface area contributed by atoms with E-state index in [2.05, 4.69) is 10.6 Å². The zero-order chi connectivity index (χ0) is 19.3. The van der Waals surface area contributed by atoms with Gasteiger partial charge in [0.2, 0.25) is 15.9 Å². The van der Waals surface area contributed by atoms with Crippen LogP contribution < -0.4 is 10.6 Å². The second-order valence-corrected chi connectivity index (χ2v) is 8.35. The summed E-state index contributed by atoms with van der Waals surface area (Å²) in [6.45, 7) is 1.41. The normalized spacial score (nSPS) is 15.3. The predicted octanol–water partition coefficient (Wildman–Crippen LogP) is 0.736.